The molecule has 0 aliphatic carbocycles. The van der Waals surface area contributed by atoms with Crippen molar-refractivity contribution in [3.63, 3.8) is 0 Å². The van der Waals surface area contributed by atoms with Gasteiger partial charge in [-0.2, -0.15) is 0 Å². The number of alkyl halides is 1. The molecule has 21 heavy (non-hydrogen) atoms. The Bertz CT molecular complexity index is 612. The van der Waals surface area contributed by atoms with Gasteiger partial charge in [-0.1, -0.05) is 30.5 Å². The summed E-state index contributed by atoms with van der Waals surface area (Å²) in [4.78, 5) is 12.9. The van der Waals surface area contributed by atoms with Crippen molar-refractivity contribution in [2.45, 2.75) is 32.6 Å². The number of anilines is 1. The predicted octanol–water partition coefficient (Wildman–Crippen LogP) is 4.09. The zero-order valence-corrected chi connectivity index (χ0v) is 13.7. The topological polar surface area (TPSA) is 54.9 Å². The molecule has 0 aliphatic heterocycles. The monoisotopic (exact) mass is 323 g/mol. The van der Waals surface area contributed by atoms with Crippen LogP contribution in [0.15, 0.2) is 24.3 Å². The Morgan fingerprint density at radius 1 is 1.43 bits per heavy atom. The van der Waals surface area contributed by atoms with E-state index in [0.29, 0.717) is 10.8 Å². The number of nitrogens with zero attached hydrogens (tertiary/aromatic N) is 2. The fourth-order valence-electron chi connectivity index (χ4n) is 2.00. The first-order valence-corrected chi connectivity index (χ1v) is 8.21. The Morgan fingerprint density at radius 3 is 2.95 bits per heavy atom. The zero-order chi connectivity index (χ0) is 15.2. The summed E-state index contributed by atoms with van der Waals surface area (Å²) in [6, 6.07) is 7.84. The number of rotatable bonds is 6. The lowest BCUT2D eigenvalue weighted by atomic mass is 10.1. The molecular weight excluding hydrogens is 306 g/mol. The van der Waals surface area contributed by atoms with Gasteiger partial charge in [0.2, 0.25) is 0 Å². The highest BCUT2D eigenvalue weighted by Crippen LogP contribution is 2.21. The quantitative estimate of drug-likeness (QED) is 0.815. The van der Waals surface area contributed by atoms with E-state index in [1.54, 1.807) is 0 Å². The molecule has 0 spiro atoms. The number of benzene rings is 1. The van der Waals surface area contributed by atoms with Crippen LogP contribution in [0.2, 0.25) is 0 Å². The maximum Gasteiger partial charge on any atom is 0.269 e. The molecule has 1 aromatic heterocycles. The van der Waals surface area contributed by atoms with Gasteiger partial charge in [0.1, 0.15) is 4.88 Å². The minimum atomic E-state index is -0.150. The van der Waals surface area contributed by atoms with Gasteiger partial charge in [0.15, 0.2) is 0 Å². The second-order valence-corrected chi connectivity index (χ2v) is 6.22. The van der Waals surface area contributed by atoms with E-state index in [1.165, 1.54) is 5.56 Å². The summed E-state index contributed by atoms with van der Waals surface area (Å²) in [5.74, 6) is 0.670. The van der Waals surface area contributed by atoms with Crippen LogP contribution in [0.1, 0.15) is 47.1 Å². The van der Waals surface area contributed by atoms with E-state index in [-0.39, 0.29) is 11.8 Å². The van der Waals surface area contributed by atoms with Crippen molar-refractivity contribution in [2.75, 3.05) is 11.2 Å². The normalized spacial score (nSPS) is 10.9. The average Bonchev–Trinajstić information content (AvgIpc) is 2.95. The minimum absolute atomic E-state index is 0.150. The third-order valence-corrected chi connectivity index (χ3v) is 4.06. The minimum Gasteiger partial charge on any atom is -0.321 e. The van der Waals surface area contributed by atoms with Crippen LogP contribution in [-0.4, -0.2) is 21.4 Å². The lowest BCUT2D eigenvalue weighted by Crippen LogP contribution is -2.13. The maximum atomic E-state index is 12.3. The molecule has 0 atom stereocenters. The van der Waals surface area contributed by atoms with Gasteiger partial charge in [0.25, 0.3) is 5.91 Å². The van der Waals surface area contributed by atoms with Crippen molar-refractivity contribution >= 4 is 34.7 Å². The molecule has 6 heteroatoms. The number of hydrogen-bond donors (Lipinski definition) is 1. The molecule has 0 radical (unpaired) electrons. The number of hydrogen-bond acceptors (Lipinski definition) is 4. The Kier molecular flexibility index (Phi) is 5.70. The first-order chi connectivity index (χ1) is 10.1. The predicted molar refractivity (Wildman–Crippen MR) is 87.4 cm³/mol. The van der Waals surface area contributed by atoms with E-state index in [4.69, 9.17) is 11.6 Å². The van der Waals surface area contributed by atoms with Crippen LogP contribution in [0.25, 0.3) is 0 Å². The lowest BCUT2D eigenvalue weighted by molar-refractivity contribution is 0.102. The van der Waals surface area contributed by atoms with E-state index < -0.39 is 0 Å². The van der Waals surface area contributed by atoms with Crippen molar-refractivity contribution in [3.8, 4) is 0 Å². The third kappa shape index (κ3) is 4.25. The molecule has 2 rings (SSSR count). The second-order valence-electron chi connectivity index (χ2n) is 5.09. The third-order valence-electron chi connectivity index (χ3n) is 3.05. The standard InChI is InChI=1S/C15H18ClN3OS/c1-10(2)13-14(21-19-18-13)15(20)17-12-7-3-5-11(9-12)6-4-8-16/h3,5,7,9-10H,4,6,8H2,1-2H3,(H,17,20). The van der Waals surface area contributed by atoms with Gasteiger partial charge in [-0.15, -0.1) is 16.7 Å². The van der Waals surface area contributed by atoms with Crippen LogP contribution < -0.4 is 5.32 Å². The number of amides is 1. The van der Waals surface area contributed by atoms with Crippen LogP contribution >= 0.6 is 23.1 Å². The zero-order valence-electron chi connectivity index (χ0n) is 12.1. The number of halogens is 1. The van der Waals surface area contributed by atoms with Crippen LogP contribution in [0.5, 0.6) is 0 Å². The largest absolute Gasteiger partial charge is 0.321 e. The molecule has 0 aliphatic rings. The van der Waals surface area contributed by atoms with Gasteiger partial charge in [-0.3, -0.25) is 4.79 Å². The van der Waals surface area contributed by atoms with Gasteiger partial charge < -0.3 is 5.32 Å². The highest BCUT2D eigenvalue weighted by atomic mass is 35.5. The smallest absolute Gasteiger partial charge is 0.269 e. The summed E-state index contributed by atoms with van der Waals surface area (Å²) in [6.45, 7) is 4.00. The van der Waals surface area contributed by atoms with Gasteiger partial charge in [0, 0.05) is 11.6 Å². The SMILES string of the molecule is CC(C)c1nnsc1C(=O)Nc1cccc(CCCCl)c1. The van der Waals surface area contributed by atoms with Crippen LogP contribution in [0, 0.1) is 0 Å². The summed E-state index contributed by atoms with van der Waals surface area (Å²) < 4.78 is 3.88. The van der Waals surface area contributed by atoms with Crippen LogP contribution in [0.3, 0.4) is 0 Å². The number of aryl methyl sites for hydroxylation is 1. The highest BCUT2D eigenvalue weighted by molar-refractivity contribution is 7.08. The molecule has 0 saturated carbocycles. The second kappa shape index (κ2) is 7.52. The summed E-state index contributed by atoms with van der Waals surface area (Å²) in [5, 5.41) is 6.94. The highest BCUT2D eigenvalue weighted by Gasteiger charge is 2.18. The molecule has 2 aromatic rings. The summed E-state index contributed by atoms with van der Waals surface area (Å²) >= 11 is 6.84. The Morgan fingerprint density at radius 2 is 2.24 bits per heavy atom. The number of aromatic nitrogens is 2. The van der Waals surface area contributed by atoms with Crippen molar-refractivity contribution < 1.29 is 4.79 Å². The van der Waals surface area contributed by atoms with E-state index in [9.17, 15) is 4.79 Å². The van der Waals surface area contributed by atoms with E-state index in [2.05, 4.69) is 14.9 Å². The molecule has 0 unspecified atom stereocenters. The Labute approximate surface area is 133 Å². The number of carbonyl (C=O) groups excluding carboxylic acids is 1. The molecule has 1 aromatic carbocycles. The maximum absolute atomic E-state index is 12.3. The first-order valence-electron chi connectivity index (χ1n) is 6.90. The van der Waals surface area contributed by atoms with E-state index >= 15 is 0 Å². The Hall–Kier alpha value is -1.46. The molecule has 1 N–H and O–H groups in total. The van der Waals surface area contributed by atoms with Crippen molar-refractivity contribution in [1.82, 2.24) is 9.59 Å². The lowest BCUT2D eigenvalue weighted by Gasteiger charge is -2.08. The molecule has 4 nitrogen and oxygen atoms in total. The average molecular weight is 324 g/mol. The molecule has 1 heterocycles. The first kappa shape index (κ1) is 15.9. The summed E-state index contributed by atoms with van der Waals surface area (Å²) in [5.41, 5.74) is 2.70. The fraction of sp³-hybridized carbons (Fsp3) is 0.400. The number of carbonyl (C=O) groups is 1. The van der Waals surface area contributed by atoms with Gasteiger partial charge >= 0.3 is 0 Å². The van der Waals surface area contributed by atoms with Crippen molar-refractivity contribution in [3.05, 3.63) is 40.4 Å². The van der Waals surface area contributed by atoms with E-state index in [1.807, 2.05) is 38.1 Å². The molecule has 112 valence electrons. The molecular formula is C15H18ClN3OS. The number of nitrogens with one attached hydrogen (secondary N) is 1. The van der Waals surface area contributed by atoms with E-state index in [0.717, 1.165) is 35.8 Å². The molecule has 0 fully saturated rings. The Balaban J connectivity index is 2.10. The van der Waals surface area contributed by atoms with Crippen molar-refractivity contribution in [2.24, 2.45) is 0 Å². The fourth-order valence-corrected chi connectivity index (χ4v) is 2.84. The summed E-state index contributed by atoms with van der Waals surface area (Å²) in [6.07, 6.45) is 1.84. The van der Waals surface area contributed by atoms with Crippen LogP contribution in [0.4, 0.5) is 5.69 Å². The van der Waals surface area contributed by atoms with Crippen molar-refractivity contribution in [1.29, 1.82) is 0 Å². The molecule has 1 amide bonds. The summed E-state index contributed by atoms with van der Waals surface area (Å²) in [7, 11) is 0. The molecule has 0 bridgehead atoms. The van der Waals surface area contributed by atoms with Crippen LogP contribution in [-0.2, 0) is 6.42 Å². The van der Waals surface area contributed by atoms with Gasteiger partial charge in [-0.25, -0.2) is 0 Å². The molecule has 0 saturated heterocycles. The van der Waals surface area contributed by atoms with Gasteiger partial charge in [0.05, 0.1) is 5.69 Å². The van der Waals surface area contributed by atoms with Gasteiger partial charge in [-0.05, 0) is 48.0 Å².